The van der Waals surface area contributed by atoms with E-state index in [1.54, 1.807) is 0 Å². The molecule has 1 amide bonds. The molecule has 104 valence electrons. The van der Waals surface area contributed by atoms with Gasteiger partial charge in [-0.1, -0.05) is 35.3 Å². The summed E-state index contributed by atoms with van der Waals surface area (Å²) < 4.78 is 36.3. The fraction of sp³-hybridized carbons (Fsp3) is 0.200. The number of aliphatic carboxylic acids is 1. The van der Waals surface area contributed by atoms with Crippen molar-refractivity contribution in [1.29, 1.82) is 0 Å². The first-order valence-electron chi connectivity index (χ1n) is 4.69. The van der Waals surface area contributed by atoms with Crippen molar-refractivity contribution >= 4 is 35.1 Å². The molecule has 0 bridgehead atoms. The van der Waals surface area contributed by atoms with Crippen LogP contribution in [0.15, 0.2) is 18.2 Å². The molecule has 0 aromatic heterocycles. The Balaban J connectivity index is 3.12. The van der Waals surface area contributed by atoms with Crippen LogP contribution in [-0.4, -0.2) is 23.2 Å². The van der Waals surface area contributed by atoms with Gasteiger partial charge in [0.05, 0.1) is 10.0 Å². The highest BCUT2D eigenvalue weighted by Gasteiger charge is 2.41. The molecule has 1 aromatic rings. The molecule has 1 rings (SSSR count). The van der Waals surface area contributed by atoms with Crippen LogP contribution in [0.25, 0.3) is 0 Å². The SMILES string of the molecule is O=C(O)C(NC(=O)C(F)(F)F)c1cccc(Cl)c1Cl. The summed E-state index contributed by atoms with van der Waals surface area (Å²) in [6, 6.07) is 1.85. The lowest BCUT2D eigenvalue weighted by atomic mass is 10.1. The van der Waals surface area contributed by atoms with Crippen LogP contribution in [0, 0.1) is 0 Å². The summed E-state index contributed by atoms with van der Waals surface area (Å²) in [5.41, 5.74) is -0.237. The number of amides is 1. The van der Waals surface area contributed by atoms with Gasteiger partial charge in [0.1, 0.15) is 0 Å². The maximum absolute atomic E-state index is 12.1. The Kier molecular flexibility index (Phi) is 4.65. The van der Waals surface area contributed by atoms with Gasteiger partial charge in [-0.25, -0.2) is 4.79 Å². The van der Waals surface area contributed by atoms with E-state index in [0.29, 0.717) is 0 Å². The molecule has 4 nitrogen and oxygen atoms in total. The first-order chi connectivity index (χ1) is 8.64. The highest BCUT2D eigenvalue weighted by molar-refractivity contribution is 6.42. The molecule has 2 N–H and O–H groups in total. The number of halogens is 5. The predicted molar refractivity (Wildman–Crippen MR) is 61.0 cm³/mol. The number of carboxylic acid groups (broad SMARTS) is 1. The number of carbonyl (C=O) groups is 2. The number of alkyl halides is 3. The van der Waals surface area contributed by atoms with Crippen LogP contribution < -0.4 is 5.32 Å². The highest BCUT2D eigenvalue weighted by atomic mass is 35.5. The van der Waals surface area contributed by atoms with Crippen LogP contribution in [0.1, 0.15) is 11.6 Å². The number of hydrogen-bond acceptors (Lipinski definition) is 2. The first kappa shape index (κ1) is 15.6. The highest BCUT2D eigenvalue weighted by Crippen LogP contribution is 2.30. The molecule has 1 unspecified atom stereocenters. The van der Waals surface area contributed by atoms with Crippen molar-refractivity contribution < 1.29 is 27.9 Å². The zero-order valence-corrected chi connectivity index (χ0v) is 10.5. The average molecular weight is 316 g/mol. The fourth-order valence-electron chi connectivity index (χ4n) is 1.23. The first-order valence-corrected chi connectivity index (χ1v) is 5.44. The quantitative estimate of drug-likeness (QED) is 0.901. The van der Waals surface area contributed by atoms with E-state index < -0.39 is 24.1 Å². The second kappa shape index (κ2) is 5.66. The molecule has 0 fully saturated rings. The molecule has 0 spiro atoms. The van der Waals surface area contributed by atoms with E-state index >= 15 is 0 Å². The van der Waals surface area contributed by atoms with E-state index in [2.05, 4.69) is 0 Å². The number of carboxylic acids is 1. The third-order valence-corrected chi connectivity index (χ3v) is 2.91. The Hall–Kier alpha value is -1.47. The molecule has 19 heavy (non-hydrogen) atoms. The van der Waals surface area contributed by atoms with E-state index in [1.807, 2.05) is 0 Å². The van der Waals surface area contributed by atoms with Crippen LogP contribution in [0.2, 0.25) is 10.0 Å². The fourth-order valence-corrected chi connectivity index (χ4v) is 1.65. The lowest BCUT2D eigenvalue weighted by Crippen LogP contribution is -2.42. The van der Waals surface area contributed by atoms with Gasteiger partial charge in [0.2, 0.25) is 0 Å². The number of hydrogen-bond donors (Lipinski definition) is 2. The van der Waals surface area contributed by atoms with Gasteiger partial charge in [-0.3, -0.25) is 4.79 Å². The van der Waals surface area contributed by atoms with Crippen LogP contribution in [-0.2, 0) is 9.59 Å². The monoisotopic (exact) mass is 315 g/mol. The van der Waals surface area contributed by atoms with Gasteiger partial charge >= 0.3 is 18.1 Å². The number of rotatable bonds is 3. The Bertz CT molecular complexity index is 519. The predicted octanol–water partition coefficient (Wildman–Crippen LogP) is 2.80. The Labute approximate surface area is 115 Å². The summed E-state index contributed by atoms with van der Waals surface area (Å²) >= 11 is 11.3. The molecule has 9 heteroatoms. The Morgan fingerprint density at radius 1 is 1.26 bits per heavy atom. The van der Waals surface area contributed by atoms with Crippen molar-refractivity contribution in [3.8, 4) is 0 Å². The molecule has 0 radical (unpaired) electrons. The summed E-state index contributed by atoms with van der Waals surface area (Å²) in [5.74, 6) is -4.07. The lowest BCUT2D eigenvalue weighted by Gasteiger charge is -2.17. The topological polar surface area (TPSA) is 66.4 Å². The maximum atomic E-state index is 12.1. The molecular formula is C10H6Cl2F3NO3. The Morgan fingerprint density at radius 2 is 1.84 bits per heavy atom. The second-order valence-corrected chi connectivity index (χ2v) is 4.17. The molecule has 0 saturated heterocycles. The molecule has 0 aliphatic carbocycles. The smallest absolute Gasteiger partial charge is 0.471 e. The molecule has 1 aromatic carbocycles. The van der Waals surface area contributed by atoms with Gasteiger partial charge in [0.25, 0.3) is 0 Å². The second-order valence-electron chi connectivity index (χ2n) is 3.39. The van der Waals surface area contributed by atoms with E-state index in [9.17, 15) is 22.8 Å². The molecular weight excluding hydrogens is 310 g/mol. The van der Waals surface area contributed by atoms with E-state index in [0.717, 1.165) is 6.07 Å². The maximum Gasteiger partial charge on any atom is 0.471 e. The van der Waals surface area contributed by atoms with Crippen LogP contribution in [0.3, 0.4) is 0 Å². The molecule has 0 aliphatic rings. The van der Waals surface area contributed by atoms with Crippen molar-refractivity contribution in [2.75, 3.05) is 0 Å². The van der Waals surface area contributed by atoms with Crippen molar-refractivity contribution in [2.45, 2.75) is 12.2 Å². The lowest BCUT2D eigenvalue weighted by molar-refractivity contribution is -0.175. The molecule has 0 heterocycles. The molecule has 1 atom stereocenters. The average Bonchev–Trinajstić information content (AvgIpc) is 2.28. The summed E-state index contributed by atoms with van der Waals surface area (Å²) in [7, 11) is 0. The minimum absolute atomic E-state index is 0.0355. The van der Waals surface area contributed by atoms with Gasteiger partial charge < -0.3 is 10.4 Å². The third-order valence-electron chi connectivity index (χ3n) is 2.07. The number of benzene rings is 1. The summed E-state index contributed by atoms with van der Waals surface area (Å²) in [6.45, 7) is 0. The zero-order chi connectivity index (χ0) is 14.8. The summed E-state index contributed by atoms with van der Waals surface area (Å²) in [4.78, 5) is 21.7. The van der Waals surface area contributed by atoms with Crippen LogP contribution >= 0.6 is 23.2 Å². The van der Waals surface area contributed by atoms with Crippen molar-refractivity contribution in [2.24, 2.45) is 0 Å². The molecule has 0 saturated carbocycles. The van der Waals surface area contributed by atoms with Gasteiger partial charge in [-0.2, -0.15) is 13.2 Å². The van der Waals surface area contributed by atoms with Crippen LogP contribution in [0.4, 0.5) is 13.2 Å². The zero-order valence-electron chi connectivity index (χ0n) is 8.96. The number of carbonyl (C=O) groups excluding carboxylic acids is 1. The van der Waals surface area contributed by atoms with Crippen molar-refractivity contribution in [3.63, 3.8) is 0 Å². The van der Waals surface area contributed by atoms with Gasteiger partial charge in [0, 0.05) is 5.56 Å². The van der Waals surface area contributed by atoms with Gasteiger partial charge in [-0.05, 0) is 6.07 Å². The minimum Gasteiger partial charge on any atom is -0.479 e. The summed E-state index contributed by atoms with van der Waals surface area (Å²) in [6.07, 6.45) is -5.20. The number of nitrogens with one attached hydrogen (secondary N) is 1. The van der Waals surface area contributed by atoms with E-state index in [-0.39, 0.29) is 15.6 Å². The van der Waals surface area contributed by atoms with Gasteiger partial charge in [-0.15, -0.1) is 0 Å². The van der Waals surface area contributed by atoms with E-state index in [1.165, 1.54) is 17.4 Å². The van der Waals surface area contributed by atoms with Gasteiger partial charge in [0.15, 0.2) is 6.04 Å². The van der Waals surface area contributed by atoms with E-state index in [4.69, 9.17) is 28.3 Å². The normalized spacial score (nSPS) is 12.9. The third kappa shape index (κ3) is 3.74. The van der Waals surface area contributed by atoms with Crippen LogP contribution in [0.5, 0.6) is 0 Å². The largest absolute Gasteiger partial charge is 0.479 e. The van der Waals surface area contributed by atoms with Crippen molar-refractivity contribution in [1.82, 2.24) is 5.32 Å². The molecule has 0 aliphatic heterocycles. The Morgan fingerprint density at radius 3 is 2.32 bits per heavy atom. The standard InChI is InChI=1S/C10H6Cl2F3NO3/c11-5-3-1-2-4(6(5)12)7(8(17)18)16-9(19)10(13,14)15/h1-3,7H,(H,16,19)(H,17,18). The van der Waals surface area contributed by atoms with Crippen molar-refractivity contribution in [3.05, 3.63) is 33.8 Å². The summed E-state index contributed by atoms with van der Waals surface area (Å²) in [5, 5.41) is 9.93. The minimum atomic E-state index is -5.20.